The Kier molecular flexibility index (Phi) is 9.72. The summed E-state index contributed by atoms with van der Waals surface area (Å²) in [6, 6.07) is 10.6. The van der Waals surface area contributed by atoms with Gasteiger partial charge < -0.3 is 4.74 Å². The molecule has 0 atom stereocenters. The fraction of sp³-hybridized carbons (Fsp3) is 0.562. The van der Waals surface area contributed by atoms with Crippen LogP contribution >= 0.6 is 0 Å². The van der Waals surface area contributed by atoms with Crippen LogP contribution in [0.15, 0.2) is 54.6 Å². The van der Waals surface area contributed by atoms with Crippen molar-refractivity contribution in [1.29, 1.82) is 0 Å². The van der Waals surface area contributed by atoms with Crippen molar-refractivity contribution in [3.63, 3.8) is 0 Å². The highest BCUT2D eigenvalue weighted by Gasteiger charge is 2.43. The zero-order valence-corrected chi connectivity index (χ0v) is 21.9. The third kappa shape index (κ3) is 7.85. The second kappa shape index (κ2) is 13.0. The number of hydrogen-bond acceptors (Lipinski definition) is 1. The number of unbranched alkanes of at least 4 members (excludes halogenated alkanes) is 2. The zero-order valence-electron chi connectivity index (χ0n) is 21.9. The average molecular weight is 517 g/mol. The molecule has 2 fully saturated rings. The predicted octanol–water partition coefficient (Wildman–Crippen LogP) is 10.0. The lowest BCUT2D eigenvalue weighted by Crippen LogP contribution is -2.37. The summed E-state index contributed by atoms with van der Waals surface area (Å²) in [5.74, 6) is -0.284. The second-order valence-corrected chi connectivity index (χ2v) is 11.0. The summed E-state index contributed by atoms with van der Waals surface area (Å²) in [7, 11) is 0. The van der Waals surface area contributed by atoms with Gasteiger partial charge in [0.15, 0.2) is 0 Å². The number of benzene rings is 2. The molecule has 0 saturated heterocycles. The van der Waals surface area contributed by atoms with Gasteiger partial charge in [0, 0.05) is 0 Å². The topological polar surface area (TPSA) is 9.23 Å². The van der Waals surface area contributed by atoms with Gasteiger partial charge in [-0.2, -0.15) is 8.78 Å². The maximum absolute atomic E-state index is 14.8. The molecule has 0 bridgehead atoms. The average Bonchev–Trinajstić information content (AvgIpc) is 2.90. The van der Waals surface area contributed by atoms with Crippen molar-refractivity contribution in [2.75, 3.05) is 0 Å². The largest absolute Gasteiger partial charge is 0.432 e. The van der Waals surface area contributed by atoms with Gasteiger partial charge in [0.2, 0.25) is 0 Å². The summed E-state index contributed by atoms with van der Waals surface area (Å²) in [6.45, 7) is 2.18. The quantitative estimate of drug-likeness (QED) is 0.173. The van der Waals surface area contributed by atoms with E-state index in [-0.39, 0.29) is 17.5 Å². The first-order valence-corrected chi connectivity index (χ1v) is 14.1. The van der Waals surface area contributed by atoms with Gasteiger partial charge in [-0.15, -0.1) is 0 Å². The van der Waals surface area contributed by atoms with E-state index in [0.29, 0.717) is 37.5 Å². The first-order chi connectivity index (χ1) is 17.8. The minimum Gasteiger partial charge on any atom is -0.432 e. The molecule has 4 rings (SSSR count). The van der Waals surface area contributed by atoms with Crippen molar-refractivity contribution < 1.29 is 22.3 Å². The molecule has 2 saturated carbocycles. The van der Waals surface area contributed by atoms with Gasteiger partial charge in [0.1, 0.15) is 17.4 Å². The van der Waals surface area contributed by atoms with Crippen LogP contribution in [-0.4, -0.2) is 6.11 Å². The van der Waals surface area contributed by atoms with Gasteiger partial charge in [-0.25, -0.2) is 8.78 Å². The Morgan fingerprint density at radius 1 is 0.811 bits per heavy atom. The minimum atomic E-state index is -3.26. The van der Waals surface area contributed by atoms with Crippen molar-refractivity contribution in [2.45, 2.75) is 96.0 Å². The molecule has 2 aromatic rings. The zero-order chi connectivity index (χ0) is 26.3. The number of aryl methyl sites for hydroxylation is 1. The van der Waals surface area contributed by atoms with Crippen molar-refractivity contribution in [3.8, 4) is 5.75 Å². The van der Waals surface area contributed by atoms with Crippen LogP contribution in [0.25, 0.3) is 0 Å². The van der Waals surface area contributed by atoms with Crippen LogP contribution in [0.2, 0.25) is 0 Å². The molecule has 0 amide bonds. The van der Waals surface area contributed by atoms with Crippen molar-refractivity contribution in [3.05, 3.63) is 77.4 Å². The summed E-state index contributed by atoms with van der Waals surface area (Å²) >= 11 is 0. The first-order valence-electron chi connectivity index (χ1n) is 14.1. The molecule has 2 aliphatic rings. The summed E-state index contributed by atoms with van der Waals surface area (Å²) in [5, 5.41) is 0. The molecule has 0 heterocycles. The first kappa shape index (κ1) is 27.7. The molecular weight excluding hydrogens is 476 g/mol. The molecule has 0 radical (unpaired) electrons. The second-order valence-electron chi connectivity index (χ2n) is 11.0. The van der Waals surface area contributed by atoms with Gasteiger partial charge in [0.25, 0.3) is 0 Å². The van der Waals surface area contributed by atoms with E-state index in [0.717, 1.165) is 61.8 Å². The molecule has 2 aromatic carbocycles. The number of halogens is 4. The summed E-state index contributed by atoms with van der Waals surface area (Å²) in [6.07, 6.45) is 12.0. The van der Waals surface area contributed by atoms with E-state index >= 15 is 0 Å². The van der Waals surface area contributed by atoms with E-state index in [1.807, 2.05) is 6.07 Å². The molecule has 0 aliphatic heterocycles. The monoisotopic (exact) mass is 516 g/mol. The Hall–Kier alpha value is -2.30. The van der Waals surface area contributed by atoms with Gasteiger partial charge >= 0.3 is 6.11 Å². The molecule has 0 unspecified atom stereocenters. The van der Waals surface area contributed by atoms with Crippen LogP contribution in [0.4, 0.5) is 17.6 Å². The Balaban J connectivity index is 1.20. The van der Waals surface area contributed by atoms with Crippen LogP contribution in [0.5, 0.6) is 5.75 Å². The summed E-state index contributed by atoms with van der Waals surface area (Å²) in [4.78, 5) is 0. The van der Waals surface area contributed by atoms with Crippen LogP contribution in [-0.2, 0) is 6.42 Å². The number of allylic oxidation sites excluding steroid dienone is 2. The fourth-order valence-corrected chi connectivity index (χ4v) is 5.96. The van der Waals surface area contributed by atoms with E-state index in [9.17, 15) is 17.6 Å². The summed E-state index contributed by atoms with van der Waals surface area (Å²) in [5.41, 5.74) is 1.96. The maximum Gasteiger partial charge on any atom is 0.400 e. The highest BCUT2D eigenvalue weighted by molar-refractivity contribution is 5.28. The van der Waals surface area contributed by atoms with Crippen molar-refractivity contribution in [2.24, 2.45) is 17.8 Å². The molecule has 0 aromatic heterocycles. The smallest absolute Gasteiger partial charge is 0.400 e. The lowest BCUT2D eigenvalue weighted by atomic mass is 9.77. The van der Waals surface area contributed by atoms with Gasteiger partial charge in [-0.1, -0.05) is 44.1 Å². The lowest BCUT2D eigenvalue weighted by molar-refractivity contribution is -0.223. The number of ether oxygens (including phenoxy) is 1. The molecule has 37 heavy (non-hydrogen) atoms. The third-order valence-electron chi connectivity index (χ3n) is 8.32. The Bertz CT molecular complexity index is 1000. The van der Waals surface area contributed by atoms with Crippen LogP contribution < -0.4 is 4.74 Å². The SMILES string of the molecule is CCCCCc1ccc(C2CCC(/C=C/C3CCC(C(F)(F)Oc4ccc(F)cc4)CC3)CC2)c(F)c1. The van der Waals surface area contributed by atoms with Gasteiger partial charge in [-0.3, -0.25) is 0 Å². The van der Waals surface area contributed by atoms with E-state index < -0.39 is 17.8 Å². The minimum absolute atomic E-state index is 0.00757. The normalized spacial score (nSPS) is 24.9. The van der Waals surface area contributed by atoms with Crippen molar-refractivity contribution in [1.82, 2.24) is 0 Å². The van der Waals surface area contributed by atoms with Crippen LogP contribution in [0.1, 0.15) is 94.6 Å². The third-order valence-corrected chi connectivity index (χ3v) is 8.32. The predicted molar refractivity (Wildman–Crippen MR) is 141 cm³/mol. The Morgan fingerprint density at radius 3 is 2.03 bits per heavy atom. The standard InChI is InChI=1S/C32H40F4O/c1-2-3-4-5-25-12-21-30(31(34)22-25)26-13-8-23(9-14-26)6-7-24-10-15-27(16-11-24)32(35,36)37-29-19-17-28(33)18-20-29/h6-7,12,17-24,26-27H,2-5,8-11,13-16H2,1H3/b7-6+. The molecule has 5 heteroatoms. The van der Waals surface area contributed by atoms with Crippen LogP contribution in [0, 0.1) is 29.4 Å². The van der Waals surface area contributed by atoms with E-state index in [4.69, 9.17) is 4.74 Å². The molecule has 0 N–H and O–H groups in total. The molecule has 1 nitrogen and oxygen atoms in total. The Morgan fingerprint density at radius 2 is 1.43 bits per heavy atom. The molecular formula is C32H40F4O. The van der Waals surface area contributed by atoms with Gasteiger partial charge in [-0.05, 0) is 123 Å². The summed E-state index contributed by atoms with van der Waals surface area (Å²) < 4.78 is 62.0. The lowest BCUT2D eigenvalue weighted by Gasteiger charge is -2.32. The number of hydrogen-bond donors (Lipinski definition) is 0. The van der Waals surface area contributed by atoms with Crippen LogP contribution in [0.3, 0.4) is 0 Å². The van der Waals surface area contributed by atoms with E-state index in [2.05, 4.69) is 25.1 Å². The van der Waals surface area contributed by atoms with E-state index in [1.165, 1.54) is 25.0 Å². The highest BCUT2D eigenvalue weighted by atomic mass is 19.3. The maximum atomic E-state index is 14.8. The fourth-order valence-electron chi connectivity index (χ4n) is 5.96. The van der Waals surface area contributed by atoms with E-state index in [1.54, 1.807) is 6.07 Å². The Labute approximate surface area is 219 Å². The molecule has 202 valence electrons. The molecule has 0 spiro atoms. The molecule has 2 aliphatic carbocycles. The highest BCUT2D eigenvalue weighted by Crippen LogP contribution is 2.41. The number of alkyl halides is 2. The van der Waals surface area contributed by atoms with Gasteiger partial charge in [0.05, 0.1) is 5.92 Å². The number of rotatable bonds is 10. The van der Waals surface area contributed by atoms with Crippen molar-refractivity contribution >= 4 is 0 Å².